The predicted molar refractivity (Wildman–Crippen MR) is 89.8 cm³/mol. The molecule has 0 aliphatic carbocycles. The third-order valence-corrected chi connectivity index (χ3v) is 4.44. The van der Waals surface area contributed by atoms with Crippen molar-refractivity contribution in [1.82, 2.24) is 5.32 Å². The first kappa shape index (κ1) is 15.7. The summed E-state index contributed by atoms with van der Waals surface area (Å²) in [4.78, 5) is 12.3. The molecular formula is C17H22N2OS. The summed E-state index contributed by atoms with van der Waals surface area (Å²) in [7, 11) is 0. The van der Waals surface area contributed by atoms with Gasteiger partial charge in [0.25, 0.3) is 0 Å². The summed E-state index contributed by atoms with van der Waals surface area (Å²) in [5.41, 5.74) is 4.82. The maximum absolute atomic E-state index is 11.2. The Kier molecular flexibility index (Phi) is 5.15. The molecule has 1 amide bonds. The fraction of sp³-hybridized carbons (Fsp3) is 0.353. The summed E-state index contributed by atoms with van der Waals surface area (Å²) in [6, 6.07) is 8.77. The zero-order valence-electron chi connectivity index (χ0n) is 13.0. The second-order valence-electron chi connectivity index (χ2n) is 5.40. The molecule has 1 atom stereocenters. The third-order valence-electron chi connectivity index (χ3n) is 3.52. The molecule has 1 heterocycles. The largest absolute Gasteiger partial charge is 0.325 e. The van der Waals surface area contributed by atoms with E-state index in [-0.39, 0.29) is 11.9 Å². The number of carbonyl (C=O) groups is 1. The maximum Gasteiger partial charge on any atom is 0.221 e. The van der Waals surface area contributed by atoms with E-state index in [0.717, 1.165) is 17.1 Å². The molecule has 2 aromatic rings. The van der Waals surface area contributed by atoms with Crippen molar-refractivity contribution in [3.8, 4) is 0 Å². The Balaban J connectivity index is 2.02. The van der Waals surface area contributed by atoms with Crippen LogP contribution < -0.4 is 10.6 Å². The van der Waals surface area contributed by atoms with Gasteiger partial charge in [-0.15, -0.1) is 11.3 Å². The monoisotopic (exact) mass is 302 g/mol. The van der Waals surface area contributed by atoms with Crippen LogP contribution in [-0.4, -0.2) is 5.91 Å². The molecule has 2 N–H and O–H groups in total. The maximum atomic E-state index is 11.2. The van der Waals surface area contributed by atoms with E-state index in [0.29, 0.717) is 0 Å². The highest BCUT2D eigenvalue weighted by atomic mass is 32.1. The number of thiophene rings is 1. The SMILES string of the molecule is CC(=O)Nc1ccsc1CNC(C)c1ccc(C)cc1C. The first-order valence-corrected chi connectivity index (χ1v) is 8.00. The molecule has 21 heavy (non-hydrogen) atoms. The standard InChI is InChI=1S/C17H22N2OS/c1-11-5-6-15(12(2)9-11)13(3)18-10-17-16(7-8-21-17)19-14(4)20/h5-9,13,18H,10H2,1-4H3,(H,19,20). The van der Waals surface area contributed by atoms with Gasteiger partial charge in [0.05, 0.1) is 5.69 Å². The smallest absolute Gasteiger partial charge is 0.221 e. The number of rotatable bonds is 5. The second kappa shape index (κ2) is 6.87. The van der Waals surface area contributed by atoms with Crippen molar-refractivity contribution in [3.05, 3.63) is 51.2 Å². The van der Waals surface area contributed by atoms with Crippen LogP contribution in [-0.2, 0) is 11.3 Å². The summed E-state index contributed by atoms with van der Waals surface area (Å²) >= 11 is 1.66. The highest BCUT2D eigenvalue weighted by Crippen LogP contribution is 2.24. The molecule has 1 aromatic carbocycles. The molecule has 0 spiro atoms. The van der Waals surface area contributed by atoms with Crippen LogP contribution in [0.1, 0.15) is 41.5 Å². The molecule has 4 heteroatoms. The number of carbonyl (C=O) groups excluding carboxylic acids is 1. The van der Waals surface area contributed by atoms with Crippen LogP contribution >= 0.6 is 11.3 Å². The number of hydrogen-bond donors (Lipinski definition) is 2. The van der Waals surface area contributed by atoms with Crippen LogP contribution in [0.25, 0.3) is 0 Å². The number of hydrogen-bond acceptors (Lipinski definition) is 3. The lowest BCUT2D eigenvalue weighted by molar-refractivity contribution is -0.114. The van der Waals surface area contributed by atoms with Gasteiger partial charge in [-0.05, 0) is 43.3 Å². The van der Waals surface area contributed by atoms with Crippen molar-refractivity contribution in [1.29, 1.82) is 0 Å². The number of anilines is 1. The Bertz CT molecular complexity index is 633. The number of amides is 1. The van der Waals surface area contributed by atoms with Crippen LogP contribution in [0, 0.1) is 13.8 Å². The average Bonchev–Trinajstić information content (AvgIpc) is 2.82. The minimum absolute atomic E-state index is 0.0305. The normalized spacial score (nSPS) is 12.2. The molecule has 3 nitrogen and oxygen atoms in total. The Morgan fingerprint density at radius 3 is 2.71 bits per heavy atom. The molecule has 1 aromatic heterocycles. The van der Waals surface area contributed by atoms with Crippen molar-refractivity contribution < 1.29 is 4.79 Å². The van der Waals surface area contributed by atoms with Gasteiger partial charge in [0.15, 0.2) is 0 Å². The molecule has 0 bridgehead atoms. The van der Waals surface area contributed by atoms with Gasteiger partial charge in [0.2, 0.25) is 5.91 Å². The van der Waals surface area contributed by atoms with Crippen molar-refractivity contribution in [2.24, 2.45) is 0 Å². The van der Waals surface area contributed by atoms with Crippen LogP contribution in [0.2, 0.25) is 0 Å². The van der Waals surface area contributed by atoms with Gasteiger partial charge in [0, 0.05) is 24.4 Å². The second-order valence-corrected chi connectivity index (χ2v) is 6.40. The lowest BCUT2D eigenvalue weighted by Gasteiger charge is -2.17. The van der Waals surface area contributed by atoms with E-state index < -0.39 is 0 Å². The quantitative estimate of drug-likeness (QED) is 0.870. The Morgan fingerprint density at radius 2 is 2.05 bits per heavy atom. The third kappa shape index (κ3) is 4.16. The van der Waals surface area contributed by atoms with Gasteiger partial charge in [0.1, 0.15) is 0 Å². The first-order chi connectivity index (χ1) is 9.97. The molecule has 0 aliphatic heterocycles. The molecular weight excluding hydrogens is 280 g/mol. The fourth-order valence-electron chi connectivity index (χ4n) is 2.45. The van der Waals surface area contributed by atoms with E-state index in [2.05, 4.69) is 49.6 Å². The van der Waals surface area contributed by atoms with Gasteiger partial charge in [-0.3, -0.25) is 4.79 Å². The van der Waals surface area contributed by atoms with Crippen LogP contribution in [0.4, 0.5) is 5.69 Å². The number of benzene rings is 1. The average molecular weight is 302 g/mol. The molecule has 2 rings (SSSR count). The Labute approximate surface area is 130 Å². The first-order valence-electron chi connectivity index (χ1n) is 7.12. The van der Waals surface area contributed by atoms with E-state index in [1.165, 1.54) is 23.6 Å². The molecule has 0 saturated heterocycles. The summed E-state index contributed by atoms with van der Waals surface area (Å²) in [6.45, 7) is 8.72. The van der Waals surface area contributed by atoms with Crippen molar-refractivity contribution in [3.63, 3.8) is 0 Å². The van der Waals surface area contributed by atoms with Crippen molar-refractivity contribution in [2.75, 3.05) is 5.32 Å². The van der Waals surface area contributed by atoms with Gasteiger partial charge in [-0.2, -0.15) is 0 Å². The van der Waals surface area contributed by atoms with E-state index >= 15 is 0 Å². The molecule has 0 aliphatic rings. The number of nitrogens with one attached hydrogen (secondary N) is 2. The molecule has 0 radical (unpaired) electrons. The number of aryl methyl sites for hydroxylation is 2. The van der Waals surface area contributed by atoms with Crippen molar-refractivity contribution in [2.45, 2.75) is 40.3 Å². The van der Waals surface area contributed by atoms with E-state index in [4.69, 9.17) is 0 Å². The summed E-state index contributed by atoms with van der Waals surface area (Å²) in [6.07, 6.45) is 0. The Hall–Kier alpha value is -1.65. The minimum Gasteiger partial charge on any atom is -0.325 e. The predicted octanol–water partition coefficient (Wildman–Crippen LogP) is 4.17. The van der Waals surface area contributed by atoms with Gasteiger partial charge < -0.3 is 10.6 Å². The van der Waals surface area contributed by atoms with E-state index in [1.54, 1.807) is 11.3 Å². The highest BCUT2D eigenvalue weighted by molar-refractivity contribution is 7.10. The lowest BCUT2D eigenvalue weighted by Crippen LogP contribution is -2.19. The van der Waals surface area contributed by atoms with Crippen molar-refractivity contribution >= 4 is 22.9 Å². The zero-order chi connectivity index (χ0) is 15.4. The molecule has 1 unspecified atom stereocenters. The van der Waals surface area contributed by atoms with Crippen LogP contribution in [0.15, 0.2) is 29.6 Å². The van der Waals surface area contributed by atoms with Crippen LogP contribution in [0.3, 0.4) is 0 Å². The Morgan fingerprint density at radius 1 is 1.29 bits per heavy atom. The molecule has 0 saturated carbocycles. The van der Waals surface area contributed by atoms with E-state index in [1.807, 2.05) is 11.4 Å². The minimum atomic E-state index is -0.0305. The topological polar surface area (TPSA) is 41.1 Å². The van der Waals surface area contributed by atoms with Gasteiger partial charge >= 0.3 is 0 Å². The summed E-state index contributed by atoms with van der Waals surface area (Å²) in [5, 5.41) is 8.41. The fourth-order valence-corrected chi connectivity index (χ4v) is 3.23. The molecule has 0 fully saturated rings. The van der Waals surface area contributed by atoms with Gasteiger partial charge in [-0.1, -0.05) is 23.8 Å². The lowest BCUT2D eigenvalue weighted by atomic mass is 10.0. The highest BCUT2D eigenvalue weighted by Gasteiger charge is 2.10. The summed E-state index contributed by atoms with van der Waals surface area (Å²) < 4.78 is 0. The molecule has 112 valence electrons. The van der Waals surface area contributed by atoms with Gasteiger partial charge in [-0.25, -0.2) is 0 Å². The van der Waals surface area contributed by atoms with E-state index in [9.17, 15) is 4.79 Å². The van der Waals surface area contributed by atoms with Crippen LogP contribution in [0.5, 0.6) is 0 Å². The zero-order valence-corrected chi connectivity index (χ0v) is 13.8. The summed E-state index contributed by atoms with van der Waals surface area (Å²) in [5.74, 6) is -0.0305.